The monoisotopic (exact) mass is 163 g/mol. The lowest BCUT2D eigenvalue weighted by molar-refractivity contribution is 0.511. The predicted octanol–water partition coefficient (Wildman–Crippen LogP) is 1.79. The average Bonchev–Trinajstić information content (AvgIpc) is 2.12. The SMILES string of the molecule is C#CC(CC)NC(C#C)CCC. The van der Waals surface area contributed by atoms with Crippen LogP contribution in [0.3, 0.4) is 0 Å². The molecule has 2 atom stereocenters. The second-order valence-corrected chi connectivity index (χ2v) is 2.80. The van der Waals surface area contributed by atoms with Crippen molar-refractivity contribution in [2.75, 3.05) is 0 Å². The zero-order chi connectivity index (χ0) is 9.40. The Morgan fingerprint density at radius 2 is 1.75 bits per heavy atom. The van der Waals surface area contributed by atoms with Gasteiger partial charge in [0.25, 0.3) is 0 Å². The smallest absolute Gasteiger partial charge is 0.0696 e. The molecule has 0 amide bonds. The second kappa shape index (κ2) is 6.77. The topological polar surface area (TPSA) is 12.0 Å². The standard InChI is InChI=1S/C11H17N/c1-5-9-11(8-4)12-10(6-2)7-3/h2,4,10-12H,5,7,9H2,1,3H3. The van der Waals surface area contributed by atoms with Gasteiger partial charge in [-0.3, -0.25) is 5.32 Å². The van der Waals surface area contributed by atoms with E-state index < -0.39 is 0 Å². The minimum atomic E-state index is 0.123. The van der Waals surface area contributed by atoms with E-state index in [1.54, 1.807) is 0 Å². The second-order valence-electron chi connectivity index (χ2n) is 2.80. The highest BCUT2D eigenvalue weighted by atomic mass is 14.9. The maximum absolute atomic E-state index is 5.34. The van der Waals surface area contributed by atoms with Gasteiger partial charge in [0.05, 0.1) is 12.1 Å². The van der Waals surface area contributed by atoms with Crippen LogP contribution in [0.2, 0.25) is 0 Å². The van der Waals surface area contributed by atoms with Crippen LogP contribution in [0.1, 0.15) is 33.1 Å². The Morgan fingerprint density at radius 1 is 1.17 bits per heavy atom. The maximum atomic E-state index is 5.34. The molecule has 0 saturated heterocycles. The average molecular weight is 163 g/mol. The first kappa shape index (κ1) is 11.1. The number of nitrogens with one attached hydrogen (secondary N) is 1. The van der Waals surface area contributed by atoms with E-state index in [0.717, 1.165) is 19.3 Å². The Kier molecular flexibility index (Phi) is 6.25. The summed E-state index contributed by atoms with van der Waals surface area (Å²) >= 11 is 0. The van der Waals surface area contributed by atoms with Gasteiger partial charge in [0, 0.05) is 0 Å². The van der Waals surface area contributed by atoms with Crippen LogP contribution in [-0.2, 0) is 0 Å². The molecule has 0 saturated carbocycles. The minimum Gasteiger partial charge on any atom is -0.290 e. The van der Waals surface area contributed by atoms with E-state index in [-0.39, 0.29) is 12.1 Å². The lowest BCUT2D eigenvalue weighted by Gasteiger charge is -2.16. The summed E-state index contributed by atoms with van der Waals surface area (Å²) in [6.07, 6.45) is 13.6. The highest BCUT2D eigenvalue weighted by Crippen LogP contribution is 1.98. The highest BCUT2D eigenvalue weighted by molar-refractivity contribution is 5.05. The molecule has 0 fully saturated rings. The molecule has 1 N–H and O–H groups in total. The molecule has 1 nitrogen and oxygen atoms in total. The first-order chi connectivity index (χ1) is 5.78. The fraction of sp³-hybridized carbons (Fsp3) is 0.636. The van der Waals surface area contributed by atoms with Crippen LogP contribution < -0.4 is 5.32 Å². The zero-order valence-electron chi connectivity index (χ0n) is 7.93. The fourth-order valence-electron chi connectivity index (χ4n) is 1.03. The van der Waals surface area contributed by atoms with Crippen molar-refractivity contribution in [1.82, 2.24) is 5.32 Å². The molecule has 0 aliphatic carbocycles. The lowest BCUT2D eigenvalue weighted by atomic mass is 10.1. The molecule has 0 bridgehead atoms. The van der Waals surface area contributed by atoms with E-state index in [4.69, 9.17) is 12.8 Å². The van der Waals surface area contributed by atoms with Gasteiger partial charge in [-0.15, -0.1) is 12.8 Å². The van der Waals surface area contributed by atoms with E-state index in [1.165, 1.54) is 0 Å². The van der Waals surface area contributed by atoms with Gasteiger partial charge in [-0.2, -0.15) is 0 Å². The van der Waals surface area contributed by atoms with E-state index in [0.29, 0.717) is 0 Å². The summed E-state index contributed by atoms with van der Waals surface area (Å²) < 4.78 is 0. The van der Waals surface area contributed by atoms with Crippen LogP contribution in [0.25, 0.3) is 0 Å². The maximum Gasteiger partial charge on any atom is 0.0696 e. The third-order valence-electron chi connectivity index (χ3n) is 1.79. The highest BCUT2D eigenvalue weighted by Gasteiger charge is 2.07. The molecule has 1 heteroatoms. The summed E-state index contributed by atoms with van der Waals surface area (Å²) in [5.41, 5.74) is 0. The van der Waals surface area contributed by atoms with Crippen molar-refractivity contribution in [3.8, 4) is 24.7 Å². The summed E-state index contributed by atoms with van der Waals surface area (Å²) in [6, 6.07) is 0.258. The van der Waals surface area contributed by atoms with Crippen molar-refractivity contribution in [2.45, 2.75) is 45.2 Å². The Bertz CT molecular complexity index is 182. The summed E-state index contributed by atoms with van der Waals surface area (Å²) in [6.45, 7) is 4.17. The third kappa shape index (κ3) is 4.06. The van der Waals surface area contributed by atoms with Crippen LogP contribution in [0.5, 0.6) is 0 Å². The Labute approximate surface area is 75.9 Å². The summed E-state index contributed by atoms with van der Waals surface area (Å²) in [4.78, 5) is 0. The number of rotatable bonds is 5. The van der Waals surface area contributed by atoms with Gasteiger partial charge < -0.3 is 0 Å². The van der Waals surface area contributed by atoms with Crippen molar-refractivity contribution in [3.05, 3.63) is 0 Å². The quantitative estimate of drug-likeness (QED) is 0.609. The molecular weight excluding hydrogens is 146 g/mol. The third-order valence-corrected chi connectivity index (χ3v) is 1.79. The van der Waals surface area contributed by atoms with E-state index in [9.17, 15) is 0 Å². The molecule has 0 aliphatic rings. The molecule has 0 aromatic heterocycles. The predicted molar refractivity (Wildman–Crippen MR) is 53.6 cm³/mol. The van der Waals surface area contributed by atoms with E-state index >= 15 is 0 Å². The van der Waals surface area contributed by atoms with Crippen molar-refractivity contribution < 1.29 is 0 Å². The number of hydrogen-bond acceptors (Lipinski definition) is 1. The van der Waals surface area contributed by atoms with Gasteiger partial charge in [0.2, 0.25) is 0 Å². The number of terminal acetylenes is 2. The van der Waals surface area contributed by atoms with E-state index in [1.807, 2.05) is 0 Å². The first-order valence-electron chi connectivity index (χ1n) is 4.46. The molecule has 66 valence electrons. The van der Waals surface area contributed by atoms with Gasteiger partial charge in [0.15, 0.2) is 0 Å². The summed E-state index contributed by atoms with van der Waals surface area (Å²) in [5.74, 6) is 5.36. The summed E-state index contributed by atoms with van der Waals surface area (Å²) in [7, 11) is 0. The molecule has 0 rings (SSSR count). The molecule has 0 aromatic carbocycles. The normalized spacial score (nSPS) is 14.3. The van der Waals surface area contributed by atoms with Crippen LogP contribution in [0.4, 0.5) is 0 Å². The van der Waals surface area contributed by atoms with Gasteiger partial charge in [-0.05, 0) is 12.8 Å². The zero-order valence-corrected chi connectivity index (χ0v) is 7.93. The van der Waals surface area contributed by atoms with E-state index in [2.05, 4.69) is 31.0 Å². The lowest BCUT2D eigenvalue weighted by Crippen LogP contribution is -2.35. The van der Waals surface area contributed by atoms with Gasteiger partial charge in [-0.1, -0.05) is 32.1 Å². The summed E-state index contributed by atoms with van der Waals surface area (Å²) in [5, 5.41) is 3.23. The minimum absolute atomic E-state index is 0.123. The van der Waals surface area contributed by atoms with Crippen LogP contribution >= 0.6 is 0 Å². The molecule has 0 heterocycles. The van der Waals surface area contributed by atoms with Gasteiger partial charge in [0.1, 0.15) is 0 Å². The molecule has 0 spiro atoms. The Balaban J connectivity index is 3.86. The van der Waals surface area contributed by atoms with Crippen LogP contribution in [0, 0.1) is 24.7 Å². The Hall–Kier alpha value is -0.920. The van der Waals surface area contributed by atoms with Crippen molar-refractivity contribution in [3.63, 3.8) is 0 Å². The largest absolute Gasteiger partial charge is 0.290 e. The molecule has 2 unspecified atom stereocenters. The molecule has 0 radical (unpaired) electrons. The molecule has 12 heavy (non-hydrogen) atoms. The fourth-order valence-corrected chi connectivity index (χ4v) is 1.03. The van der Waals surface area contributed by atoms with Gasteiger partial charge >= 0.3 is 0 Å². The van der Waals surface area contributed by atoms with Crippen molar-refractivity contribution in [1.29, 1.82) is 0 Å². The van der Waals surface area contributed by atoms with Crippen LogP contribution in [0.15, 0.2) is 0 Å². The molecule has 0 aliphatic heterocycles. The Morgan fingerprint density at radius 3 is 2.08 bits per heavy atom. The molecule has 0 aromatic rings. The van der Waals surface area contributed by atoms with Crippen molar-refractivity contribution in [2.24, 2.45) is 0 Å². The first-order valence-corrected chi connectivity index (χ1v) is 4.46. The number of hydrogen-bond donors (Lipinski definition) is 1. The van der Waals surface area contributed by atoms with Crippen LogP contribution in [-0.4, -0.2) is 12.1 Å². The molecular formula is C11H17N. The van der Waals surface area contributed by atoms with Gasteiger partial charge in [-0.25, -0.2) is 0 Å². The van der Waals surface area contributed by atoms with Crippen molar-refractivity contribution >= 4 is 0 Å².